The lowest BCUT2D eigenvalue weighted by Crippen LogP contribution is -2.55. The number of rotatable bonds is 8. The molecule has 0 atom stereocenters. The zero-order valence-electron chi connectivity index (χ0n) is 43.0. The summed E-state index contributed by atoms with van der Waals surface area (Å²) in [4.78, 5) is 30.5. The van der Waals surface area contributed by atoms with E-state index in [1.165, 1.54) is 65.5 Å². The zero-order chi connectivity index (χ0) is 51.1. The molecule has 0 radical (unpaired) electrons. The molecular weight excluding hydrogens is 927 g/mol. The molecule has 0 unspecified atom stereocenters. The number of fused-ring (bicyclic) bond motifs is 3. The Morgan fingerprint density at radius 1 is 0.368 bits per heavy atom. The molecule has 0 N–H and O–H groups in total. The Kier molecular flexibility index (Phi) is 10.9. The van der Waals surface area contributed by atoms with Gasteiger partial charge in [0.1, 0.15) is 0 Å². The summed E-state index contributed by atoms with van der Waals surface area (Å²) < 4.78 is 0. The van der Waals surface area contributed by atoms with Gasteiger partial charge in [-0.2, -0.15) is 5.26 Å². The van der Waals surface area contributed by atoms with E-state index in [-0.39, 0.29) is 10.8 Å². The average Bonchev–Trinajstić information content (AvgIpc) is 3.98. The first-order chi connectivity index (χ1) is 37.2. The summed E-state index contributed by atoms with van der Waals surface area (Å²) in [6.07, 6.45) is 6.50. The molecule has 4 fully saturated rings. The van der Waals surface area contributed by atoms with Crippen LogP contribution >= 0.6 is 0 Å². The number of hydrogen-bond donors (Lipinski definition) is 0. The quantitative estimate of drug-likeness (QED) is 0.149. The van der Waals surface area contributed by atoms with Crippen molar-refractivity contribution >= 4 is 0 Å². The molecule has 4 bridgehead atoms. The Labute approximate surface area is 444 Å². The van der Waals surface area contributed by atoms with E-state index in [0.29, 0.717) is 57.9 Å². The normalized spacial score (nSPS) is 19.8. The van der Waals surface area contributed by atoms with Gasteiger partial charge in [-0.25, -0.2) is 29.9 Å². The van der Waals surface area contributed by atoms with Crippen molar-refractivity contribution in [3.05, 3.63) is 216 Å². The number of nitriles is 1. The van der Waals surface area contributed by atoms with E-state index in [2.05, 4.69) is 112 Å². The maximum Gasteiger partial charge on any atom is 0.165 e. The van der Waals surface area contributed by atoms with Crippen LogP contribution in [0.2, 0.25) is 0 Å². The first-order valence-corrected chi connectivity index (χ1v) is 26.9. The standard InChI is InChI=1S/C69H55N7/c1-68(2,3)52-27-30-57(67-75-64(46-20-12-6-13-21-46)72-65(76-67)47-22-14-7-15-23-47)58(40-52)50-25-29-56-59-38-49(26-31-60(59)69(61(56)39-50)53-33-42-32-43(35-53)36-54(69)34-42)48-24-28-55(51(37-48)41-70)66-73-62(44-16-8-4-9-17-44)71-63(74-66)45-18-10-5-11-19-45/h4-31,37-40,42-43,53-54H,32-36H2,1-3H3. The molecule has 8 aromatic carbocycles. The van der Waals surface area contributed by atoms with E-state index in [1.54, 1.807) is 0 Å². The fourth-order valence-electron chi connectivity index (χ4n) is 13.9. The highest BCUT2D eigenvalue weighted by Crippen LogP contribution is 2.70. The molecule has 4 saturated carbocycles. The molecule has 366 valence electrons. The molecule has 5 aliphatic rings. The van der Waals surface area contributed by atoms with E-state index in [1.807, 2.05) is 109 Å². The maximum absolute atomic E-state index is 10.9. The van der Waals surface area contributed by atoms with Crippen molar-refractivity contribution in [2.45, 2.75) is 63.7 Å². The van der Waals surface area contributed by atoms with E-state index in [0.717, 1.165) is 56.3 Å². The summed E-state index contributed by atoms with van der Waals surface area (Å²) in [6.45, 7) is 6.87. The van der Waals surface area contributed by atoms with Crippen LogP contribution in [-0.2, 0) is 10.8 Å². The van der Waals surface area contributed by atoms with E-state index in [4.69, 9.17) is 29.9 Å². The van der Waals surface area contributed by atoms with Gasteiger partial charge in [-0.1, -0.05) is 185 Å². The molecule has 7 heteroatoms. The SMILES string of the molecule is CC(C)(C)c1ccc(-c2nc(-c3ccccc3)nc(-c3ccccc3)n2)c(-c2ccc3c(c2)C2(c4ccc(-c5ccc(-c6nc(-c7ccccc7)nc(-c7ccccc7)n6)c(C#N)c5)cc4-3)C3CC4CC(C3)CC2C4)c1. The molecule has 1 spiro atoms. The molecule has 7 nitrogen and oxygen atoms in total. The molecule has 15 rings (SSSR count). The molecule has 76 heavy (non-hydrogen) atoms. The van der Waals surface area contributed by atoms with Crippen molar-refractivity contribution in [2.24, 2.45) is 23.7 Å². The third-order valence-corrected chi connectivity index (χ3v) is 17.2. The Morgan fingerprint density at radius 2 is 0.803 bits per heavy atom. The van der Waals surface area contributed by atoms with Crippen molar-refractivity contribution in [3.8, 4) is 108 Å². The number of hydrogen-bond acceptors (Lipinski definition) is 7. The highest BCUT2D eigenvalue weighted by atomic mass is 15.0. The second kappa shape index (κ2) is 18.0. The van der Waals surface area contributed by atoms with Crippen LogP contribution in [-0.4, -0.2) is 29.9 Å². The minimum absolute atomic E-state index is 0.0875. The molecule has 2 aromatic heterocycles. The lowest BCUT2D eigenvalue weighted by molar-refractivity contribution is -0.0399. The largest absolute Gasteiger partial charge is 0.208 e. The fourth-order valence-corrected chi connectivity index (χ4v) is 13.9. The van der Waals surface area contributed by atoms with Gasteiger partial charge in [0.15, 0.2) is 34.9 Å². The van der Waals surface area contributed by atoms with Crippen LogP contribution in [0, 0.1) is 35.0 Å². The predicted octanol–water partition coefficient (Wildman–Crippen LogP) is 16.3. The van der Waals surface area contributed by atoms with Gasteiger partial charge in [-0.05, 0) is 142 Å². The number of aromatic nitrogens is 6. The Bertz CT molecular complexity index is 3790. The summed E-state index contributed by atoms with van der Waals surface area (Å²) in [7, 11) is 0. The number of nitrogens with zero attached hydrogens (tertiary/aromatic N) is 7. The topological polar surface area (TPSA) is 101 Å². The second-order valence-electron chi connectivity index (χ2n) is 22.7. The van der Waals surface area contributed by atoms with Crippen molar-refractivity contribution in [2.75, 3.05) is 0 Å². The molecule has 2 heterocycles. The van der Waals surface area contributed by atoms with Crippen LogP contribution in [0.5, 0.6) is 0 Å². The molecule has 10 aromatic rings. The highest BCUT2D eigenvalue weighted by Gasteiger charge is 2.61. The van der Waals surface area contributed by atoms with Gasteiger partial charge >= 0.3 is 0 Å². The van der Waals surface area contributed by atoms with Crippen LogP contribution in [0.4, 0.5) is 0 Å². The van der Waals surface area contributed by atoms with Crippen LogP contribution < -0.4 is 0 Å². The van der Waals surface area contributed by atoms with Gasteiger partial charge in [0.25, 0.3) is 0 Å². The zero-order valence-corrected chi connectivity index (χ0v) is 43.0. The summed E-state index contributed by atoms with van der Waals surface area (Å²) in [6, 6.07) is 70.6. The molecule has 0 aliphatic heterocycles. The third kappa shape index (κ3) is 7.69. The van der Waals surface area contributed by atoms with Crippen molar-refractivity contribution in [1.29, 1.82) is 5.26 Å². The molecular formula is C69H55N7. The van der Waals surface area contributed by atoms with E-state index in [9.17, 15) is 5.26 Å². The van der Waals surface area contributed by atoms with Crippen molar-refractivity contribution in [1.82, 2.24) is 29.9 Å². The van der Waals surface area contributed by atoms with Gasteiger partial charge in [-0.15, -0.1) is 0 Å². The Hall–Kier alpha value is -8.73. The van der Waals surface area contributed by atoms with Crippen LogP contribution in [0.3, 0.4) is 0 Å². The van der Waals surface area contributed by atoms with E-state index >= 15 is 0 Å². The predicted molar refractivity (Wildman–Crippen MR) is 303 cm³/mol. The third-order valence-electron chi connectivity index (χ3n) is 17.2. The summed E-state index contributed by atoms with van der Waals surface area (Å²) in [5, 5.41) is 10.9. The molecule has 0 amide bonds. The molecule has 5 aliphatic carbocycles. The first kappa shape index (κ1) is 45.9. The van der Waals surface area contributed by atoms with Gasteiger partial charge in [0.2, 0.25) is 0 Å². The smallest absolute Gasteiger partial charge is 0.165 e. The van der Waals surface area contributed by atoms with Gasteiger partial charge < -0.3 is 0 Å². The average molecular weight is 982 g/mol. The fraction of sp³-hybridized carbons (Fsp3) is 0.203. The minimum Gasteiger partial charge on any atom is -0.208 e. The summed E-state index contributed by atoms with van der Waals surface area (Å²) in [5.41, 5.74) is 16.9. The summed E-state index contributed by atoms with van der Waals surface area (Å²) >= 11 is 0. The second-order valence-corrected chi connectivity index (χ2v) is 22.7. The lowest BCUT2D eigenvalue weighted by atomic mass is 9.43. The van der Waals surface area contributed by atoms with Crippen molar-refractivity contribution in [3.63, 3.8) is 0 Å². The Morgan fingerprint density at radius 3 is 1.30 bits per heavy atom. The minimum atomic E-state index is -0.0893. The highest BCUT2D eigenvalue weighted by molar-refractivity contribution is 5.90. The monoisotopic (exact) mass is 981 g/mol. The van der Waals surface area contributed by atoms with Gasteiger partial charge in [0, 0.05) is 38.8 Å². The van der Waals surface area contributed by atoms with Crippen LogP contribution in [0.15, 0.2) is 194 Å². The maximum atomic E-state index is 10.9. The Balaban J connectivity index is 0.912. The van der Waals surface area contributed by atoms with E-state index < -0.39 is 0 Å². The van der Waals surface area contributed by atoms with Crippen LogP contribution in [0.25, 0.3) is 102 Å². The first-order valence-electron chi connectivity index (χ1n) is 26.9. The number of benzene rings is 8. The van der Waals surface area contributed by atoms with Crippen molar-refractivity contribution < 1.29 is 0 Å². The van der Waals surface area contributed by atoms with Gasteiger partial charge in [-0.3, -0.25) is 0 Å². The molecule has 0 saturated heterocycles. The lowest BCUT2D eigenvalue weighted by Gasteiger charge is -2.61. The van der Waals surface area contributed by atoms with Crippen LogP contribution in [0.1, 0.15) is 75.1 Å². The summed E-state index contributed by atoms with van der Waals surface area (Å²) in [5.74, 6) is 6.32. The van der Waals surface area contributed by atoms with Gasteiger partial charge in [0.05, 0.1) is 11.6 Å².